The zero-order valence-corrected chi connectivity index (χ0v) is 14.0. The lowest BCUT2D eigenvalue weighted by molar-refractivity contribution is 0.321. The Morgan fingerprint density at radius 3 is 2.43 bits per heavy atom. The highest BCUT2D eigenvalue weighted by atomic mass is 32.1. The maximum absolute atomic E-state index is 6.04. The molecule has 2 N–H and O–H groups in total. The predicted octanol–water partition coefficient (Wildman–Crippen LogP) is 4.08. The minimum absolute atomic E-state index is 0.373. The molecule has 0 saturated carbocycles. The highest BCUT2D eigenvalue weighted by molar-refractivity contribution is 7.09. The molecule has 0 aliphatic heterocycles. The Bertz CT molecular complexity index is 567. The lowest BCUT2D eigenvalue weighted by Crippen LogP contribution is -2.29. The third kappa shape index (κ3) is 4.55. The van der Waals surface area contributed by atoms with E-state index < -0.39 is 0 Å². The third-order valence-corrected chi connectivity index (χ3v) is 4.25. The summed E-state index contributed by atoms with van der Waals surface area (Å²) in [7, 11) is 0. The van der Waals surface area contributed by atoms with Crippen LogP contribution in [0.2, 0.25) is 0 Å². The summed E-state index contributed by atoms with van der Waals surface area (Å²) in [5.41, 5.74) is 7.95. The smallest absolute Gasteiger partial charge is 0.119 e. The second-order valence-corrected chi connectivity index (χ2v) is 7.11. The third-order valence-electron chi connectivity index (χ3n) is 3.34. The van der Waals surface area contributed by atoms with Gasteiger partial charge >= 0.3 is 0 Å². The second kappa shape index (κ2) is 6.58. The molecule has 0 unspecified atom stereocenters. The van der Waals surface area contributed by atoms with E-state index in [4.69, 9.17) is 10.5 Å². The summed E-state index contributed by atoms with van der Waals surface area (Å²) in [5.74, 6) is 1.46. The average Bonchev–Trinajstić information content (AvgIpc) is 2.88. The number of thiazole rings is 1. The molecule has 0 spiro atoms. The molecule has 1 aromatic heterocycles. The number of hydrogen-bond donors (Lipinski definition) is 1. The Morgan fingerprint density at radius 2 is 1.90 bits per heavy atom. The summed E-state index contributed by atoms with van der Waals surface area (Å²) in [6.07, 6.45) is 0.812. The Morgan fingerprint density at radius 1 is 1.24 bits per heavy atom. The van der Waals surface area contributed by atoms with Gasteiger partial charge in [0, 0.05) is 11.8 Å². The molecule has 0 fully saturated rings. The predicted molar refractivity (Wildman–Crippen MR) is 89.1 cm³/mol. The van der Waals surface area contributed by atoms with E-state index in [0.29, 0.717) is 12.5 Å². The van der Waals surface area contributed by atoms with Crippen molar-refractivity contribution in [2.45, 2.75) is 45.6 Å². The molecule has 2 rings (SSSR count). The van der Waals surface area contributed by atoms with Gasteiger partial charge < -0.3 is 10.5 Å². The zero-order valence-electron chi connectivity index (χ0n) is 13.2. The number of aromatic nitrogens is 1. The number of rotatable bonds is 6. The van der Waals surface area contributed by atoms with Gasteiger partial charge in [-0.2, -0.15) is 0 Å². The molecule has 0 radical (unpaired) electrons. The molecule has 2 aromatic rings. The van der Waals surface area contributed by atoms with Crippen molar-refractivity contribution < 1.29 is 4.74 Å². The van der Waals surface area contributed by atoms with Gasteiger partial charge in [0.05, 0.1) is 22.8 Å². The van der Waals surface area contributed by atoms with Gasteiger partial charge in [-0.1, -0.05) is 26.0 Å². The normalized spacial score (nSPS) is 11.9. The summed E-state index contributed by atoms with van der Waals surface area (Å²) < 4.78 is 5.77. The monoisotopic (exact) mass is 304 g/mol. The van der Waals surface area contributed by atoms with Crippen LogP contribution in [0, 0.1) is 0 Å². The second-order valence-electron chi connectivity index (χ2n) is 6.17. The fourth-order valence-electron chi connectivity index (χ4n) is 1.93. The topological polar surface area (TPSA) is 48.1 Å². The van der Waals surface area contributed by atoms with Crippen molar-refractivity contribution in [3.05, 3.63) is 45.9 Å². The SMILES string of the molecule is CC(C)c1ccc(OCCc2nc(C(C)(C)N)cs2)cc1. The molecule has 0 aliphatic rings. The van der Waals surface area contributed by atoms with Crippen LogP contribution < -0.4 is 10.5 Å². The van der Waals surface area contributed by atoms with Crippen molar-refractivity contribution in [2.24, 2.45) is 5.73 Å². The van der Waals surface area contributed by atoms with Gasteiger partial charge in [0.1, 0.15) is 5.75 Å². The molecule has 21 heavy (non-hydrogen) atoms. The molecule has 0 amide bonds. The van der Waals surface area contributed by atoms with Gasteiger partial charge in [0.25, 0.3) is 0 Å². The van der Waals surface area contributed by atoms with E-state index in [1.807, 2.05) is 31.4 Å². The fourth-order valence-corrected chi connectivity index (χ4v) is 2.88. The Hall–Kier alpha value is -1.39. The number of ether oxygens (including phenoxy) is 1. The first-order valence-electron chi connectivity index (χ1n) is 7.33. The first kappa shape index (κ1) is 16.0. The van der Waals surface area contributed by atoms with Gasteiger partial charge in [-0.3, -0.25) is 0 Å². The van der Waals surface area contributed by atoms with Crippen molar-refractivity contribution in [1.29, 1.82) is 0 Å². The van der Waals surface area contributed by atoms with Crippen molar-refractivity contribution in [2.75, 3.05) is 6.61 Å². The van der Waals surface area contributed by atoms with Crippen LogP contribution in [0.1, 0.15) is 49.9 Å². The van der Waals surface area contributed by atoms with E-state index in [1.165, 1.54) is 5.56 Å². The highest BCUT2D eigenvalue weighted by Gasteiger charge is 2.17. The van der Waals surface area contributed by atoms with Crippen LogP contribution in [-0.2, 0) is 12.0 Å². The van der Waals surface area contributed by atoms with Gasteiger partial charge in [-0.25, -0.2) is 4.98 Å². The lowest BCUT2D eigenvalue weighted by atomic mass is 10.0. The molecule has 4 heteroatoms. The molecule has 3 nitrogen and oxygen atoms in total. The fraction of sp³-hybridized carbons (Fsp3) is 0.471. The molecular weight excluding hydrogens is 280 g/mol. The molecule has 0 atom stereocenters. The van der Waals surface area contributed by atoms with Crippen molar-refractivity contribution >= 4 is 11.3 Å². The molecule has 0 aliphatic carbocycles. The quantitative estimate of drug-likeness (QED) is 0.874. The summed E-state index contributed by atoms with van der Waals surface area (Å²) in [5, 5.41) is 3.11. The minimum Gasteiger partial charge on any atom is -0.493 e. The van der Waals surface area contributed by atoms with Crippen LogP contribution in [0.4, 0.5) is 0 Å². The number of nitrogens with two attached hydrogens (primary N) is 1. The number of hydrogen-bond acceptors (Lipinski definition) is 4. The minimum atomic E-state index is -0.373. The van der Waals surface area contributed by atoms with E-state index in [2.05, 4.69) is 31.0 Å². The maximum atomic E-state index is 6.04. The van der Waals surface area contributed by atoms with Crippen molar-refractivity contribution in [3.8, 4) is 5.75 Å². The standard InChI is InChI=1S/C17H24N2OS/c1-12(2)13-5-7-14(8-6-13)20-10-9-16-19-15(11-21-16)17(3,4)18/h5-8,11-12H,9-10,18H2,1-4H3. The number of nitrogens with zero attached hydrogens (tertiary/aromatic N) is 1. The zero-order chi connectivity index (χ0) is 15.5. The van der Waals surface area contributed by atoms with Crippen LogP contribution in [0.25, 0.3) is 0 Å². The summed E-state index contributed by atoms with van der Waals surface area (Å²) in [6, 6.07) is 8.31. The van der Waals surface area contributed by atoms with Crippen molar-refractivity contribution in [3.63, 3.8) is 0 Å². The van der Waals surface area contributed by atoms with Crippen LogP contribution >= 0.6 is 11.3 Å². The summed E-state index contributed by atoms with van der Waals surface area (Å²) >= 11 is 1.65. The van der Waals surface area contributed by atoms with Gasteiger partial charge in [0.15, 0.2) is 0 Å². The Kier molecular flexibility index (Phi) is 5.01. The van der Waals surface area contributed by atoms with Crippen LogP contribution in [0.3, 0.4) is 0 Å². The molecule has 1 heterocycles. The van der Waals surface area contributed by atoms with Gasteiger partial charge in [0.2, 0.25) is 0 Å². The molecule has 0 saturated heterocycles. The molecular formula is C17H24N2OS. The van der Waals surface area contributed by atoms with E-state index in [-0.39, 0.29) is 5.54 Å². The Labute approximate surface area is 131 Å². The van der Waals surface area contributed by atoms with E-state index >= 15 is 0 Å². The van der Waals surface area contributed by atoms with Crippen LogP contribution in [0.5, 0.6) is 5.75 Å². The van der Waals surface area contributed by atoms with E-state index in [9.17, 15) is 0 Å². The number of benzene rings is 1. The van der Waals surface area contributed by atoms with Gasteiger partial charge in [-0.05, 0) is 37.5 Å². The van der Waals surface area contributed by atoms with Crippen molar-refractivity contribution in [1.82, 2.24) is 4.98 Å². The maximum Gasteiger partial charge on any atom is 0.119 e. The molecule has 114 valence electrons. The average molecular weight is 304 g/mol. The molecule has 0 bridgehead atoms. The van der Waals surface area contributed by atoms with E-state index in [0.717, 1.165) is 22.9 Å². The lowest BCUT2D eigenvalue weighted by Gasteiger charge is -2.14. The summed E-state index contributed by atoms with van der Waals surface area (Å²) in [6.45, 7) is 8.96. The van der Waals surface area contributed by atoms with Crippen LogP contribution in [-0.4, -0.2) is 11.6 Å². The highest BCUT2D eigenvalue weighted by Crippen LogP contribution is 2.21. The Balaban J connectivity index is 1.85. The van der Waals surface area contributed by atoms with Crippen LogP contribution in [0.15, 0.2) is 29.6 Å². The van der Waals surface area contributed by atoms with Gasteiger partial charge in [-0.15, -0.1) is 11.3 Å². The van der Waals surface area contributed by atoms with E-state index in [1.54, 1.807) is 11.3 Å². The first-order valence-corrected chi connectivity index (χ1v) is 8.21. The first-order chi connectivity index (χ1) is 9.86. The largest absolute Gasteiger partial charge is 0.493 e. The molecule has 1 aromatic carbocycles. The summed E-state index contributed by atoms with van der Waals surface area (Å²) in [4.78, 5) is 4.56.